The summed E-state index contributed by atoms with van der Waals surface area (Å²) in [5, 5.41) is 18.2. The molecule has 0 spiro atoms. The third-order valence-electron chi connectivity index (χ3n) is 5.70. The van der Waals surface area contributed by atoms with E-state index in [1.54, 1.807) is 0 Å². The molecule has 4 rings (SSSR count). The number of alkyl carbamates (subject to hydrolysis) is 1. The Balaban J connectivity index is 1.30. The number of hydrogen-bond donors (Lipinski definition) is 3. The van der Waals surface area contributed by atoms with Crippen LogP contribution in [0.1, 0.15) is 30.9 Å². The predicted molar refractivity (Wildman–Crippen MR) is 121 cm³/mol. The molecule has 0 aliphatic heterocycles. The lowest BCUT2D eigenvalue weighted by atomic mass is 9.98. The normalized spacial score (nSPS) is 12.5. The lowest BCUT2D eigenvalue weighted by Gasteiger charge is -2.19. The fourth-order valence-corrected chi connectivity index (χ4v) is 3.80. The number of carbonyl (C=O) groups is 3. The van der Waals surface area contributed by atoms with Crippen LogP contribution in [0.15, 0.2) is 60.9 Å². The summed E-state index contributed by atoms with van der Waals surface area (Å²) >= 11 is 0. The van der Waals surface area contributed by atoms with Crippen LogP contribution in [0.25, 0.3) is 11.1 Å². The molecule has 9 heteroatoms. The number of ether oxygens (including phenoxy) is 1. The second kappa shape index (κ2) is 8.78. The van der Waals surface area contributed by atoms with E-state index in [0.29, 0.717) is 5.69 Å². The van der Waals surface area contributed by atoms with Crippen LogP contribution < -0.4 is 10.6 Å². The Morgan fingerprint density at radius 3 is 2.27 bits per heavy atom. The zero-order valence-corrected chi connectivity index (χ0v) is 18.2. The monoisotopic (exact) mass is 448 g/mol. The van der Waals surface area contributed by atoms with Crippen LogP contribution in [0, 0.1) is 0 Å². The minimum atomic E-state index is -1.26. The maximum Gasteiger partial charge on any atom is 0.407 e. The SMILES string of the molecule is CC(C)(C(=O)O)n1cc(NC(=O)CNC(=O)OCC2c3ccccc3-c3ccccc32)cn1. The van der Waals surface area contributed by atoms with Crippen molar-refractivity contribution >= 4 is 23.7 Å². The standard InChI is InChI=1S/C24H24N4O5/c1-24(2,22(30)31)28-13-15(11-26-28)27-21(29)12-25-23(32)33-14-20-18-9-5-3-7-16(18)17-8-4-6-10-19(17)20/h3-11,13,20H,12,14H2,1-2H3,(H,25,32)(H,27,29)(H,30,31). The molecule has 0 bridgehead atoms. The average molecular weight is 448 g/mol. The third-order valence-corrected chi connectivity index (χ3v) is 5.70. The first-order valence-electron chi connectivity index (χ1n) is 10.4. The van der Waals surface area contributed by atoms with E-state index in [4.69, 9.17) is 4.74 Å². The van der Waals surface area contributed by atoms with E-state index in [1.807, 2.05) is 36.4 Å². The van der Waals surface area contributed by atoms with Crippen LogP contribution >= 0.6 is 0 Å². The van der Waals surface area contributed by atoms with Gasteiger partial charge in [-0.1, -0.05) is 48.5 Å². The van der Waals surface area contributed by atoms with Gasteiger partial charge in [0.05, 0.1) is 11.9 Å². The first-order valence-corrected chi connectivity index (χ1v) is 10.4. The first kappa shape index (κ1) is 22.1. The van der Waals surface area contributed by atoms with Crippen molar-refractivity contribution in [2.24, 2.45) is 0 Å². The Bertz CT molecular complexity index is 1170. The summed E-state index contributed by atoms with van der Waals surface area (Å²) in [6.45, 7) is 2.84. The molecule has 170 valence electrons. The fourth-order valence-electron chi connectivity index (χ4n) is 3.80. The summed E-state index contributed by atoms with van der Waals surface area (Å²) < 4.78 is 6.64. The van der Waals surface area contributed by atoms with E-state index in [-0.39, 0.29) is 19.1 Å². The van der Waals surface area contributed by atoms with Crippen molar-refractivity contribution in [3.05, 3.63) is 72.1 Å². The number of aromatic nitrogens is 2. The topological polar surface area (TPSA) is 123 Å². The van der Waals surface area contributed by atoms with Gasteiger partial charge in [0.2, 0.25) is 5.91 Å². The molecule has 0 atom stereocenters. The summed E-state index contributed by atoms with van der Waals surface area (Å²) in [5.74, 6) is -1.61. The lowest BCUT2D eigenvalue weighted by Crippen LogP contribution is -2.36. The number of rotatable bonds is 7. The van der Waals surface area contributed by atoms with E-state index in [2.05, 4.69) is 27.9 Å². The molecule has 0 radical (unpaired) electrons. The highest BCUT2D eigenvalue weighted by Crippen LogP contribution is 2.44. The number of nitrogens with zero attached hydrogens (tertiary/aromatic N) is 2. The van der Waals surface area contributed by atoms with Crippen LogP contribution in [-0.4, -0.2) is 46.0 Å². The quantitative estimate of drug-likeness (QED) is 0.510. The number of aliphatic carboxylic acids is 1. The molecule has 3 aromatic rings. The molecule has 0 saturated carbocycles. The fraction of sp³-hybridized carbons (Fsp3) is 0.250. The molecule has 1 heterocycles. The zero-order chi connectivity index (χ0) is 23.6. The van der Waals surface area contributed by atoms with Crippen molar-refractivity contribution in [2.75, 3.05) is 18.5 Å². The maximum atomic E-state index is 12.2. The lowest BCUT2D eigenvalue weighted by molar-refractivity contribution is -0.146. The van der Waals surface area contributed by atoms with Crippen molar-refractivity contribution in [2.45, 2.75) is 25.3 Å². The minimum absolute atomic E-state index is 0.0691. The molecule has 0 unspecified atom stereocenters. The molecular formula is C24H24N4O5. The highest BCUT2D eigenvalue weighted by atomic mass is 16.5. The number of fused-ring (bicyclic) bond motifs is 3. The van der Waals surface area contributed by atoms with E-state index in [9.17, 15) is 19.5 Å². The smallest absolute Gasteiger partial charge is 0.407 e. The van der Waals surface area contributed by atoms with Gasteiger partial charge in [-0.05, 0) is 36.1 Å². The number of carbonyl (C=O) groups excluding carboxylic acids is 2. The number of carboxylic acid groups (broad SMARTS) is 1. The van der Waals surface area contributed by atoms with E-state index >= 15 is 0 Å². The van der Waals surface area contributed by atoms with Crippen molar-refractivity contribution in [1.29, 1.82) is 0 Å². The number of anilines is 1. The number of hydrogen-bond acceptors (Lipinski definition) is 5. The number of carboxylic acids is 1. The van der Waals surface area contributed by atoms with Crippen molar-refractivity contribution in [1.82, 2.24) is 15.1 Å². The predicted octanol–water partition coefficient (Wildman–Crippen LogP) is 3.18. The first-order chi connectivity index (χ1) is 15.8. The van der Waals surface area contributed by atoms with Gasteiger partial charge in [-0.15, -0.1) is 0 Å². The second-order valence-electron chi connectivity index (χ2n) is 8.27. The molecule has 9 nitrogen and oxygen atoms in total. The molecule has 2 amide bonds. The van der Waals surface area contributed by atoms with Gasteiger partial charge < -0.3 is 20.5 Å². The Kier molecular flexibility index (Phi) is 5.87. The van der Waals surface area contributed by atoms with Gasteiger partial charge in [-0.3, -0.25) is 9.48 Å². The Hall–Kier alpha value is -4.14. The van der Waals surface area contributed by atoms with E-state index < -0.39 is 23.5 Å². The van der Waals surface area contributed by atoms with E-state index in [0.717, 1.165) is 22.3 Å². The van der Waals surface area contributed by atoms with Crippen LogP contribution in [0.3, 0.4) is 0 Å². The van der Waals surface area contributed by atoms with Gasteiger partial charge in [-0.2, -0.15) is 5.10 Å². The summed E-state index contributed by atoms with van der Waals surface area (Å²) in [6, 6.07) is 16.0. The molecule has 0 saturated heterocycles. The molecule has 1 aliphatic rings. The number of benzene rings is 2. The van der Waals surface area contributed by atoms with E-state index in [1.165, 1.54) is 30.9 Å². The van der Waals surface area contributed by atoms with Gasteiger partial charge in [0, 0.05) is 12.1 Å². The molecule has 33 heavy (non-hydrogen) atoms. The largest absolute Gasteiger partial charge is 0.479 e. The Morgan fingerprint density at radius 1 is 1.06 bits per heavy atom. The van der Waals surface area contributed by atoms with Gasteiger partial charge in [0.25, 0.3) is 0 Å². The highest BCUT2D eigenvalue weighted by molar-refractivity contribution is 5.93. The highest BCUT2D eigenvalue weighted by Gasteiger charge is 2.31. The van der Waals surface area contributed by atoms with Crippen molar-refractivity contribution in [3.8, 4) is 11.1 Å². The van der Waals surface area contributed by atoms with Gasteiger partial charge in [0.1, 0.15) is 13.2 Å². The second-order valence-corrected chi connectivity index (χ2v) is 8.27. The molecule has 1 aliphatic carbocycles. The summed E-state index contributed by atoms with van der Waals surface area (Å²) in [6.07, 6.45) is 2.06. The summed E-state index contributed by atoms with van der Waals surface area (Å²) in [7, 11) is 0. The summed E-state index contributed by atoms with van der Waals surface area (Å²) in [4.78, 5) is 35.7. The van der Waals surface area contributed by atoms with Crippen LogP contribution in [-0.2, 0) is 19.9 Å². The maximum absolute atomic E-state index is 12.2. The number of amides is 2. The Labute approximate surface area is 190 Å². The molecule has 0 fully saturated rings. The van der Waals surface area contributed by atoms with Crippen molar-refractivity contribution < 1.29 is 24.2 Å². The molecule has 2 aromatic carbocycles. The van der Waals surface area contributed by atoms with Crippen LogP contribution in [0.5, 0.6) is 0 Å². The molecule has 1 aromatic heterocycles. The third kappa shape index (κ3) is 4.43. The minimum Gasteiger partial charge on any atom is -0.479 e. The van der Waals surface area contributed by atoms with Gasteiger partial charge in [0.15, 0.2) is 5.54 Å². The summed E-state index contributed by atoms with van der Waals surface area (Å²) in [5.41, 5.74) is 3.53. The van der Waals surface area contributed by atoms with Gasteiger partial charge in [-0.25, -0.2) is 9.59 Å². The average Bonchev–Trinajstić information content (AvgIpc) is 3.39. The number of nitrogens with one attached hydrogen (secondary N) is 2. The van der Waals surface area contributed by atoms with Crippen LogP contribution in [0.2, 0.25) is 0 Å². The van der Waals surface area contributed by atoms with Crippen LogP contribution in [0.4, 0.5) is 10.5 Å². The molecular weight excluding hydrogens is 424 g/mol. The Morgan fingerprint density at radius 2 is 1.67 bits per heavy atom. The zero-order valence-electron chi connectivity index (χ0n) is 18.2. The van der Waals surface area contributed by atoms with Crippen molar-refractivity contribution in [3.63, 3.8) is 0 Å². The van der Waals surface area contributed by atoms with Gasteiger partial charge >= 0.3 is 12.1 Å². The molecule has 3 N–H and O–H groups in total.